The van der Waals surface area contributed by atoms with E-state index in [0.29, 0.717) is 0 Å². The molecule has 5 atom stereocenters. The van der Waals surface area contributed by atoms with Gasteiger partial charge in [0.1, 0.15) is 0 Å². The zero-order valence-electron chi connectivity index (χ0n) is 12.7. The van der Waals surface area contributed by atoms with Crippen LogP contribution in [0.15, 0.2) is 0 Å². The Morgan fingerprint density at radius 1 is 0.810 bits per heavy atom. The molecule has 1 rings (SSSR count). The molecule has 0 saturated carbocycles. The van der Waals surface area contributed by atoms with Gasteiger partial charge in [0.15, 0.2) is 24.6 Å². The standard InChI is InChI=1S/C13H20O8/c1-6-10(19-7(2)14)11(20-8(3)15)12(21-9(4)16)13(17-5)18-6/h6,10-13H,1-5H3/t6-,10+,11+,12-,13?/m1/s1. The van der Waals surface area contributed by atoms with E-state index < -0.39 is 48.6 Å². The van der Waals surface area contributed by atoms with Gasteiger partial charge < -0.3 is 23.7 Å². The van der Waals surface area contributed by atoms with Crippen LogP contribution in [0.2, 0.25) is 0 Å². The normalized spacial score (nSPS) is 32.1. The smallest absolute Gasteiger partial charge is 0.303 e. The predicted octanol–water partition coefficient (Wildman–Crippen LogP) is 0.173. The zero-order valence-corrected chi connectivity index (χ0v) is 12.7. The summed E-state index contributed by atoms with van der Waals surface area (Å²) in [5.74, 6) is -1.76. The SMILES string of the molecule is COC1O[C@H](C)[C@H](OC(C)=O)[C@H](OC(C)=O)[C@H]1OC(C)=O. The Labute approximate surface area is 122 Å². The number of hydrogen-bond donors (Lipinski definition) is 0. The summed E-state index contributed by atoms with van der Waals surface area (Å²) in [7, 11) is 1.37. The number of rotatable bonds is 4. The summed E-state index contributed by atoms with van der Waals surface area (Å²) in [4.78, 5) is 33.7. The summed E-state index contributed by atoms with van der Waals surface area (Å²) in [5.41, 5.74) is 0. The number of esters is 3. The van der Waals surface area contributed by atoms with Crippen LogP contribution < -0.4 is 0 Å². The van der Waals surface area contributed by atoms with Crippen LogP contribution in [0.3, 0.4) is 0 Å². The van der Waals surface area contributed by atoms with Crippen molar-refractivity contribution < 1.29 is 38.1 Å². The highest BCUT2D eigenvalue weighted by atomic mass is 16.7. The van der Waals surface area contributed by atoms with Gasteiger partial charge in [-0.05, 0) is 6.92 Å². The van der Waals surface area contributed by atoms with E-state index in [2.05, 4.69) is 0 Å². The molecule has 21 heavy (non-hydrogen) atoms. The van der Waals surface area contributed by atoms with Crippen molar-refractivity contribution >= 4 is 17.9 Å². The van der Waals surface area contributed by atoms with Gasteiger partial charge in [0.25, 0.3) is 0 Å². The van der Waals surface area contributed by atoms with E-state index in [1.54, 1.807) is 6.92 Å². The van der Waals surface area contributed by atoms with Crippen molar-refractivity contribution in [2.24, 2.45) is 0 Å². The Balaban J connectivity index is 3.08. The molecular formula is C13H20O8. The van der Waals surface area contributed by atoms with Crippen LogP contribution in [0.25, 0.3) is 0 Å². The summed E-state index contributed by atoms with van der Waals surface area (Å²) < 4.78 is 26.0. The van der Waals surface area contributed by atoms with E-state index in [9.17, 15) is 14.4 Å². The Hall–Kier alpha value is -1.67. The second-order valence-electron chi connectivity index (χ2n) is 4.67. The van der Waals surface area contributed by atoms with Gasteiger partial charge >= 0.3 is 17.9 Å². The molecule has 1 aliphatic rings. The monoisotopic (exact) mass is 304 g/mol. The van der Waals surface area contributed by atoms with E-state index in [0.717, 1.165) is 0 Å². The van der Waals surface area contributed by atoms with Crippen molar-refractivity contribution in [2.75, 3.05) is 7.11 Å². The molecule has 8 heteroatoms. The van der Waals surface area contributed by atoms with Gasteiger partial charge in [-0.1, -0.05) is 0 Å². The van der Waals surface area contributed by atoms with Gasteiger partial charge in [-0.2, -0.15) is 0 Å². The first kappa shape index (κ1) is 17.4. The molecule has 0 aliphatic carbocycles. The van der Waals surface area contributed by atoms with Crippen molar-refractivity contribution in [1.82, 2.24) is 0 Å². The molecule has 1 saturated heterocycles. The van der Waals surface area contributed by atoms with Crippen LogP contribution in [-0.2, 0) is 38.1 Å². The molecule has 0 bridgehead atoms. The highest BCUT2D eigenvalue weighted by Crippen LogP contribution is 2.28. The maximum absolute atomic E-state index is 11.3. The quantitative estimate of drug-likeness (QED) is 0.535. The third kappa shape index (κ3) is 4.68. The fourth-order valence-corrected chi connectivity index (χ4v) is 2.16. The lowest BCUT2D eigenvalue weighted by Crippen LogP contribution is -2.60. The maximum atomic E-state index is 11.3. The van der Waals surface area contributed by atoms with E-state index in [1.807, 2.05) is 0 Å². The van der Waals surface area contributed by atoms with Crippen molar-refractivity contribution in [1.29, 1.82) is 0 Å². The molecule has 0 aromatic carbocycles. The minimum Gasteiger partial charge on any atom is -0.456 e. The molecule has 0 aromatic heterocycles. The first-order chi connectivity index (χ1) is 9.76. The average Bonchev–Trinajstić information content (AvgIpc) is 2.35. The van der Waals surface area contributed by atoms with Gasteiger partial charge in [-0.15, -0.1) is 0 Å². The number of hydrogen-bond acceptors (Lipinski definition) is 8. The van der Waals surface area contributed by atoms with Crippen molar-refractivity contribution in [3.8, 4) is 0 Å². The first-order valence-electron chi connectivity index (χ1n) is 6.46. The van der Waals surface area contributed by atoms with Crippen LogP contribution in [0, 0.1) is 0 Å². The maximum Gasteiger partial charge on any atom is 0.303 e. The number of methoxy groups -OCH3 is 1. The van der Waals surface area contributed by atoms with Crippen molar-refractivity contribution in [2.45, 2.75) is 58.4 Å². The molecule has 120 valence electrons. The Bertz CT molecular complexity index is 407. The second kappa shape index (κ2) is 7.37. The molecule has 0 amide bonds. The minimum absolute atomic E-state index is 0.565. The van der Waals surface area contributed by atoms with Crippen LogP contribution in [-0.4, -0.2) is 55.7 Å². The number of carbonyl (C=O) groups excluding carboxylic acids is 3. The van der Waals surface area contributed by atoms with Crippen molar-refractivity contribution in [3.05, 3.63) is 0 Å². The molecule has 1 fully saturated rings. The summed E-state index contributed by atoms with van der Waals surface area (Å²) >= 11 is 0. The molecule has 1 heterocycles. The summed E-state index contributed by atoms with van der Waals surface area (Å²) in [5, 5.41) is 0. The van der Waals surface area contributed by atoms with Gasteiger partial charge in [-0.25, -0.2) is 0 Å². The van der Waals surface area contributed by atoms with Gasteiger partial charge in [0, 0.05) is 27.9 Å². The average molecular weight is 304 g/mol. The lowest BCUT2D eigenvalue weighted by molar-refractivity contribution is -0.294. The third-order valence-electron chi connectivity index (χ3n) is 2.87. The zero-order chi connectivity index (χ0) is 16.2. The van der Waals surface area contributed by atoms with Crippen LogP contribution in [0.5, 0.6) is 0 Å². The topological polar surface area (TPSA) is 97.4 Å². The van der Waals surface area contributed by atoms with Crippen molar-refractivity contribution in [3.63, 3.8) is 0 Å². The molecule has 0 spiro atoms. The summed E-state index contributed by atoms with van der Waals surface area (Å²) in [6, 6.07) is 0. The van der Waals surface area contributed by atoms with Gasteiger partial charge in [-0.3, -0.25) is 14.4 Å². The van der Waals surface area contributed by atoms with Gasteiger partial charge in [0.2, 0.25) is 0 Å². The predicted molar refractivity (Wildman–Crippen MR) is 68.0 cm³/mol. The largest absolute Gasteiger partial charge is 0.456 e. The molecular weight excluding hydrogens is 284 g/mol. The molecule has 0 aromatic rings. The molecule has 0 N–H and O–H groups in total. The molecule has 1 aliphatic heterocycles. The molecule has 1 unspecified atom stereocenters. The fraction of sp³-hybridized carbons (Fsp3) is 0.769. The fourth-order valence-electron chi connectivity index (χ4n) is 2.16. The summed E-state index contributed by atoms with van der Waals surface area (Å²) in [6.45, 7) is 5.27. The minimum atomic E-state index is -1.03. The van der Waals surface area contributed by atoms with E-state index in [4.69, 9.17) is 23.7 Å². The number of carbonyl (C=O) groups is 3. The third-order valence-corrected chi connectivity index (χ3v) is 2.87. The van der Waals surface area contributed by atoms with E-state index in [1.165, 1.54) is 27.9 Å². The highest BCUT2D eigenvalue weighted by Gasteiger charge is 2.50. The summed E-state index contributed by atoms with van der Waals surface area (Å²) in [6.07, 6.45) is -4.47. The Morgan fingerprint density at radius 2 is 1.24 bits per heavy atom. The molecule has 0 radical (unpaired) electrons. The lowest BCUT2D eigenvalue weighted by Gasteiger charge is -2.42. The highest BCUT2D eigenvalue weighted by molar-refractivity contribution is 5.68. The van der Waals surface area contributed by atoms with Crippen LogP contribution in [0.1, 0.15) is 27.7 Å². The van der Waals surface area contributed by atoms with E-state index >= 15 is 0 Å². The lowest BCUT2D eigenvalue weighted by atomic mass is 9.99. The van der Waals surface area contributed by atoms with Crippen LogP contribution >= 0.6 is 0 Å². The number of ether oxygens (including phenoxy) is 5. The Morgan fingerprint density at radius 3 is 1.67 bits per heavy atom. The molecule has 8 nitrogen and oxygen atoms in total. The van der Waals surface area contributed by atoms with E-state index in [-0.39, 0.29) is 0 Å². The van der Waals surface area contributed by atoms with Crippen LogP contribution in [0.4, 0.5) is 0 Å². The second-order valence-corrected chi connectivity index (χ2v) is 4.67. The Kier molecular flexibility index (Phi) is 6.10. The van der Waals surface area contributed by atoms with Gasteiger partial charge in [0.05, 0.1) is 6.10 Å². The first-order valence-corrected chi connectivity index (χ1v) is 6.46.